The third kappa shape index (κ3) is 6.20. The quantitative estimate of drug-likeness (QED) is 0.781. The molecule has 0 bridgehead atoms. The van der Waals surface area contributed by atoms with Crippen LogP contribution < -0.4 is 9.46 Å². The molecular weight excluding hydrogens is 326 g/mol. The Morgan fingerprint density at radius 2 is 2.14 bits per heavy atom. The molecule has 1 N–H and O–H groups in total. The summed E-state index contributed by atoms with van der Waals surface area (Å²) in [6, 6.07) is 8.89. The van der Waals surface area contributed by atoms with Gasteiger partial charge in [-0.15, -0.1) is 0 Å². The zero-order chi connectivity index (χ0) is 16.8. The van der Waals surface area contributed by atoms with Crippen molar-refractivity contribution in [3.8, 4) is 11.8 Å². The predicted molar refractivity (Wildman–Crippen MR) is 85.9 cm³/mol. The molecule has 0 aliphatic carbocycles. The van der Waals surface area contributed by atoms with Crippen LogP contribution in [0.4, 0.5) is 0 Å². The van der Waals surface area contributed by atoms with Crippen LogP contribution in [0.3, 0.4) is 0 Å². The Labute approximate surface area is 136 Å². The van der Waals surface area contributed by atoms with Gasteiger partial charge in [0.25, 0.3) is 10.2 Å². The normalized spacial score (nSPS) is 14.4. The highest BCUT2D eigenvalue weighted by atomic mass is 35.5. The molecular formula is C14H20ClN3O3S. The van der Waals surface area contributed by atoms with Crippen molar-refractivity contribution in [3.05, 3.63) is 29.3 Å². The summed E-state index contributed by atoms with van der Waals surface area (Å²) in [6.07, 6.45) is -0.366. The maximum Gasteiger partial charge on any atom is 0.279 e. The Kier molecular flexibility index (Phi) is 7.10. The summed E-state index contributed by atoms with van der Waals surface area (Å²) < 4.78 is 33.2. The first kappa shape index (κ1) is 18.7. The van der Waals surface area contributed by atoms with Gasteiger partial charge in [0.15, 0.2) is 0 Å². The first-order valence-electron chi connectivity index (χ1n) is 6.77. The van der Waals surface area contributed by atoms with Crippen molar-refractivity contribution < 1.29 is 13.2 Å². The second kappa shape index (κ2) is 8.34. The van der Waals surface area contributed by atoms with E-state index in [-0.39, 0.29) is 25.1 Å². The van der Waals surface area contributed by atoms with Crippen LogP contribution in [0.25, 0.3) is 0 Å². The lowest BCUT2D eigenvalue weighted by molar-refractivity contribution is 0.224. The van der Waals surface area contributed by atoms with Gasteiger partial charge in [-0.25, -0.2) is 0 Å². The average Bonchev–Trinajstić information content (AvgIpc) is 2.45. The van der Waals surface area contributed by atoms with Crippen LogP contribution in [0.5, 0.6) is 5.75 Å². The van der Waals surface area contributed by atoms with Gasteiger partial charge in [0, 0.05) is 25.2 Å². The van der Waals surface area contributed by atoms with Crippen LogP contribution in [0.1, 0.15) is 13.8 Å². The topological polar surface area (TPSA) is 82.4 Å². The van der Waals surface area contributed by atoms with E-state index in [9.17, 15) is 8.42 Å². The molecule has 2 atom stereocenters. The first-order chi connectivity index (χ1) is 10.2. The minimum Gasteiger partial charge on any atom is -0.489 e. The van der Waals surface area contributed by atoms with Gasteiger partial charge in [0.2, 0.25) is 0 Å². The van der Waals surface area contributed by atoms with Gasteiger partial charge in [-0.1, -0.05) is 17.7 Å². The molecule has 0 aliphatic heterocycles. The third-order valence-corrected chi connectivity index (χ3v) is 4.58. The molecule has 8 heteroatoms. The molecule has 0 heterocycles. The van der Waals surface area contributed by atoms with Crippen molar-refractivity contribution >= 4 is 21.8 Å². The monoisotopic (exact) mass is 345 g/mol. The van der Waals surface area contributed by atoms with Gasteiger partial charge >= 0.3 is 0 Å². The summed E-state index contributed by atoms with van der Waals surface area (Å²) in [6.45, 7) is 3.66. The fourth-order valence-corrected chi connectivity index (χ4v) is 2.94. The van der Waals surface area contributed by atoms with Crippen LogP contribution in [-0.2, 0) is 10.2 Å². The molecule has 1 aromatic carbocycles. The summed E-state index contributed by atoms with van der Waals surface area (Å²) in [5.41, 5.74) is 0. The van der Waals surface area contributed by atoms with E-state index >= 15 is 0 Å². The van der Waals surface area contributed by atoms with Gasteiger partial charge in [-0.05, 0) is 32.0 Å². The number of ether oxygens (including phenoxy) is 1. The Hall–Kier alpha value is -1.33. The number of nitrogens with zero attached hydrogens (tertiary/aromatic N) is 2. The third-order valence-electron chi connectivity index (χ3n) is 2.85. The smallest absolute Gasteiger partial charge is 0.279 e. The average molecular weight is 346 g/mol. The second-order valence-electron chi connectivity index (χ2n) is 5.05. The zero-order valence-corrected chi connectivity index (χ0v) is 14.4. The number of hydrogen-bond acceptors (Lipinski definition) is 4. The molecule has 0 radical (unpaired) electrons. The Balaban J connectivity index is 2.52. The lowest BCUT2D eigenvalue weighted by Crippen LogP contribution is -2.43. The lowest BCUT2D eigenvalue weighted by Gasteiger charge is -2.21. The molecule has 0 aromatic heterocycles. The molecule has 0 spiro atoms. The summed E-state index contributed by atoms with van der Waals surface area (Å²) >= 11 is 5.86. The van der Waals surface area contributed by atoms with E-state index in [1.807, 2.05) is 6.07 Å². The van der Waals surface area contributed by atoms with Gasteiger partial charge in [0.1, 0.15) is 11.9 Å². The van der Waals surface area contributed by atoms with Crippen molar-refractivity contribution in [1.82, 2.24) is 9.03 Å². The number of hydrogen-bond donors (Lipinski definition) is 1. The highest BCUT2D eigenvalue weighted by molar-refractivity contribution is 7.87. The van der Waals surface area contributed by atoms with Crippen LogP contribution in [0, 0.1) is 17.2 Å². The molecule has 1 aromatic rings. The van der Waals surface area contributed by atoms with Crippen molar-refractivity contribution in [3.63, 3.8) is 0 Å². The predicted octanol–water partition coefficient (Wildman–Crippen LogP) is 2.03. The Morgan fingerprint density at radius 3 is 2.73 bits per heavy atom. The molecule has 22 heavy (non-hydrogen) atoms. The van der Waals surface area contributed by atoms with E-state index in [4.69, 9.17) is 21.6 Å². The molecule has 0 saturated carbocycles. The summed E-state index contributed by atoms with van der Waals surface area (Å²) in [4.78, 5) is 0. The maximum atomic E-state index is 12.0. The van der Waals surface area contributed by atoms with Crippen LogP contribution in [-0.4, -0.2) is 39.0 Å². The number of nitriles is 1. The number of benzene rings is 1. The van der Waals surface area contributed by atoms with Crippen LogP contribution in [0.2, 0.25) is 5.02 Å². The zero-order valence-electron chi connectivity index (χ0n) is 12.8. The number of nitrogens with one attached hydrogen (secondary N) is 1. The maximum absolute atomic E-state index is 12.0. The highest BCUT2D eigenvalue weighted by Gasteiger charge is 2.20. The lowest BCUT2D eigenvalue weighted by atomic mass is 10.2. The SMILES string of the molecule is C[C@H](C#N)CN(C)S(=O)(=O)NC[C@@H](C)Oc1cccc(Cl)c1. The van der Waals surface area contributed by atoms with E-state index in [1.165, 1.54) is 7.05 Å². The molecule has 0 unspecified atom stereocenters. The highest BCUT2D eigenvalue weighted by Crippen LogP contribution is 2.18. The van der Waals surface area contributed by atoms with E-state index in [1.54, 1.807) is 38.1 Å². The standard InChI is InChI=1S/C14H20ClN3O3S/c1-11(8-16)10-18(3)22(19,20)17-9-12(2)21-14-6-4-5-13(15)7-14/h4-7,11-12,17H,9-10H2,1-3H3/t11-,12-/m1/s1. The van der Waals surface area contributed by atoms with Crippen LogP contribution in [0.15, 0.2) is 24.3 Å². The first-order valence-corrected chi connectivity index (χ1v) is 8.59. The van der Waals surface area contributed by atoms with Gasteiger partial charge in [0.05, 0.1) is 12.0 Å². The molecule has 122 valence electrons. The molecule has 0 amide bonds. The van der Waals surface area contributed by atoms with E-state index in [0.29, 0.717) is 10.8 Å². The largest absolute Gasteiger partial charge is 0.489 e. The van der Waals surface area contributed by atoms with Crippen molar-refractivity contribution in [2.45, 2.75) is 20.0 Å². The van der Waals surface area contributed by atoms with Crippen molar-refractivity contribution in [1.29, 1.82) is 5.26 Å². The van der Waals surface area contributed by atoms with Crippen molar-refractivity contribution in [2.75, 3.05) is 20.1 Å². The summed E-state index contributed by atoms with van der Waals surface area (Å²) in [5.74, 6) is 0.201. The minimum absolute atomic E-state index is 0.111. The Bertz CT molecular complexity index is 630. The molecule has 1 rings (SSSR count). The fourth-order valence-electron chi connectivity index (χ4n) is 1.67. The van der Waals surface area contributed by atoms with Gasteiger partial charge < -0.3 is 4.74 Å². The van der Waals surface area contributed by atoms with Gasteiger partial charge in [-0.3, -0.25) is 0 Å². The fraction of sp³-hybridized carbons (Fsp3) is 0.500. The molecule has 0 aliphatic rings. The van der Waals surface area contributed by atoms with Crippen molar-refractivity contribution in [2.24, 2.45) is 5.92 Å². The minimum atomic E-state index is -3.63. The number of rotatable bonds is 8. The second-order valence-corrected chi connectivity index (χ2v) is 7.35. The molecule has 0 fully saturated rings. The van der Waals surface area contributed by atoms with Gasteiger partial charge in [-0.2, -0.15) is 22.7 Å². The van der Waals surface area contributed by atoms with Crippen LogP contribution >= 0.6 is 11.6 Å². The van der Waals surface area contributed by atoms with E-state index in [0.717, 1.165) is 4.31 Å². The Morgan fingerprint density at radius 1 is 1.45 bits per heavy atom. The van der Waals surface area contributed by atoms with E-state index in [2.05, 4.69) is 4.72 Å². The summed E-state index contributed by atoms with van der Waals surface area (Å²) in [7, 11) is -2.21. The van der Waals surface area contributed by atoms with E-state index < -0.39 is 10.2 Å². The number of halogens is 1. The molecule has 6 nitrogen and oxygen atoms in total. The summed E-state index contributed by atoms with van der Waals surface area (Å²) in [5, 5.41) is 9.28. The molecule has 0 saturated heterocycles.